The summed E-state index contributed by atoms with van der Waals surface area (Å²) < 4.78 is 5.48. The van der Waals surface area contributed by atoms with E-state index in [1.54, 1.807) is 0 Å². The first kappa shape index (κ1) is 14.0. The topological polar surface area (TPSA) is 49.7 Å². The summed E-state index contributed by atoms with van der Waals surface area (Å²) >= 11 is 0. The van der Waals surface area contributed by atoms with Crippen LogP contribution in [0.4, 0.5) is 0 Å². The van der Waals surface area contributed by atoms with Crippen LogP contribution in [-0.4, -0.2) is 23.4 Å². The fourth-order valence-electron chi connectivity index (χ4n) is 1.53. The van der Waals surface area contributed by atoms with Crippen molar-refractivity contribution in [2.75, 3.05) is 13.2 Å². The third-order valence-corrected chi connectivity index (χ3v) is 2.57. The summed E-state index contributed by atoms with van der Waals surface area (Å²) in [6.45, 7) is 6.61. The van der Waals surface area contributed by atoms with Gasteiger partial charge in [0, 0.05) is 13.0 Å². The molecule has 0 aromatic heterocycles. The van der Waals surface area contributed by atoms with E-state index < -0.39 is 6.10 Å². The van der Waals surface area contributed by atoms with Crippen molar-refractivity contribution in [3.63, 3.8) is 0 Å². The van der Waals surface area contributed by atoms with Crippen LogP contribution < -0.4 is 4.74 Å². The van der Waals surface area contributed by atoms with Crippen LogP contribution in [-0.2, 0) is 0 Å². The average Bonchev–Trinajstić information content (AvgIpc) is 2.28. The standard InChI is InChI=1S/C14H22O3/c1-14(2,3)13(16)11-6-4-7-12(10-11)17-9-5-8-15/h4,6-7,10,13,15-16H,5,8-9H2,1-3H3. The van der Waals surface area contributed by atoms with Crippen LogP contribution >= 0.6 is 0 Å². The van der Waals surface area contributed by atoms with Crippen molar-refractivity contribution < 1.29 is 14.9 Å². The number of aliphatic hydroxyl groups excluding tert-OH is 2. The summed E-state index contributed by atoms with van der Waals surface area (Å²) in [6.07, 6.45) is 0.107. The molecule has 0 aliphatic rings. The Bertz CT molecular complexity index is 342. The van der Waals surface area contributed by atoms with Gasteiger partial charge < -0.3 is 14.9 Å². The molecular weight excluding hydrogens is 216 g/mol. The molecule has 0 spiro atoms. The Hall–Kier alpha value is -1.06. The number of hydrogen-bond donors (Lipinski definition) is 2. The molecule has 0 saturated heterocycles. The predicted octanol–water partition coefficient (Wildman–Crippen LogP) is 2.53. The number of benzene rings is 1. The Morgan fingerprint density at radius 3 is 2.59 bits per heavy atom. The summed E-state index contributed by atoms with van der Waals surface area (Å²) in [4.78, 5) is 0. The van der Waals surface area contributed by atoms with E-state index in [2.05, 4.69) is 0 Å². The summed E-state index contributed by atoms with van der Waals surface area (Å²) in [7, 11) is 0. The lowest BCUT2D eigenvalue weighted by atomic mass is 9.85. The summed E-state index contributed by atoms with van der Waals surface area (Å²) in [5, 5.41) is 18.8. The van der Waals surface area contributed by atoms with Crippen LogP contribution in [0.3, 0.4) is 0 Å². The molecule has 0 bridgehead atoms. The van der Waals surface area contributed by atoms with Gasteiger partial charge in [0.1, 0.15) is 5.75 Å². The lowest BCUT2D eigenvalue weighted by molar-refractivity contribution is 0.0624. The van der Waals surface area contributed by atoms with Gasteiger partial charge in [-0.2, -0.15) is 0 Å². The maximum absolute atomic E-state index is 10.2. The Balaban J connectivity index is 2.72. The highest BCUT2D eigenvalue weighted by atomic mass is 16.5. The maximum Gasteiger partial charge on any atom is 0.119 e. The predicted molar refractivity (Wildman–Crippen MR) is 68.1 cm³/mol. The molecule has 0 aliphatic carbocycles. The molecule has 0 heterocycles. The molecule has 1 aromatic carbocycles. The second kappa shape index (κ2) is 6.03. The molecule has 0 radical (unpaired) electrons. The number of aliphatic hydroxyl groups is 2. The third kappa shape index (κ3) is 4.36. The number of ether oxygens (including phenoxy) is 1. The lowest BCUT2D eigenvalue weighted by Crippen LogP contribution is -2.17. The molecular formula is C14H22O3. The summed E-state index contributed by atoms with van der Waals surface area (Å²) in [5.41, 5.74) is 0.669. The van der Waals surface area contributed by atoms with Gasteiger partial charge in [0.25, 0.3) is 0 Å². The second-order valence-electron chi connectivity index (χ2n) is 5.27. The largest absolute Gasteiger partial charge is 0.493 e. The van der Waals surface area contributed by atoms with Crippen molar-refractivity contribution in [1.82, 2.24) is 0 Å². The molecule has 3 nitrogen and oxygen atoms in total. The van der Waals surface area contributed by atoms with E-state index in [-0.39, 0.29) is 12.0 Å². The van der Waals surface area contributed by atoms with E-state index in [0.29, 0.717) is 13.0 Å². The number of hydrogen-bond acceptors (Lipinski definition) is 3. The monoisotopic (exact) mass is 238 g/mol. The van der Waals surface area contributed by atoms with Crippen LogP contribution in [0.15, 0.2) is 24.3 Å². The van der Waals surface area contributed by atoms with Crippen molar-refractivity contribution in [3.8, 4) is 5.75 Å². The van der Waals surface area contributed by atoms with Crippen LogP contribution in [0.5, 0.6) is 5.75 Å². The van der Waals surface area contributed by atoms with Crippen LogP contribution in [0.2, 0.25) is 0 Å². The van der Waals surface area contributed by atoms with Gasteiger partial charge in [-0.05, 0) is 23.1 Å². The minimum atomic E-state index is -0.510. The SMILES string of the molecule is CC(C)(C)C(O)c1cccc(OCCCO)c1. The molecule has 1 unspecified atom stereocenters. The third-order valence-electron chi connectivity index (χ3n) is 2.57. The zero-order valence-corrected chi connectivity index (χ0v) is 10.8. The summed E-state index contributed by atoms with van der Waals surface area (Å²) in [6, 6.07) is 7.48. The number of rotatable bonds is 5. The minimum Gasteiger partial charge on any atom is -0.493 e. The minimum absolute atomic E-state index is 0.129. The quantitative estimate of drug-likeness (QED) is 0.775. The van der Waals surface area contributed by atoms with E-state index >= 15 is 0 Å². The average molecular weight is 238 g/mol. The first-order valence-electron chi connectivity index (χ1n) is 5.97. The molecule has 3 heteroatoms. The van der Waals surface area contributed by atoms with Gasteiger partial charge in [-0.3, -0.25) is 0 Å². The van der Waals surface area contributed by atoms with Crippen molar-refractivity contribution in [2.45, 2.75) is 33.3 Å². The fraction of sp³-hybridized carbons (Fsp3) is 0.571. The van der Waals surface area contributed by atoms with Gasteiger partial charge in [0.05, 0.1) is 12.7 Å². The van der Waals surface area contributed by atoms with E-state index in [4.69, 9.17) is 9.84 Å². The van der Waals surface area contributed by atoms with Crippen molar-refractivity contribution >= 4 is 0 Å². The first-order valence-corrected chi connectivity index (χ1v) is 5.97. The fourth-order valence-corrected chi connectivity index (χ4v) is 1.53. The van der Waals surface area contributed by atoms with Gasteiger partial charge in [0.2, 0.25) is 0 Å². The zero-order chi connectivity index (χ0) is 12.9. The van der Waals surface area contributed by atoms with Gasteiger partial charge in [-0.1, -0.05) is 32.9 Å². The molecule has 1 rings (SSSR count). The van der Waals surface area contributed by atoms with Crippen molar-refractivity contribution in [3.05, 3.63) is 29.8 Å². The Morgan fingerprint density at radius 1 is 1.29 bits per heavy atom. The van der Waals surface area contributed by atoms with E-state index in [1.165, 1.54) is 0 Å². The second-order valence-corrected chi connectivity index (χ2v) is 5.27. The molecule has 0 aliphatic heterocycles. The molecule has 2 N–H and O–H groups in total. The summed E-state index contributed by atoms with van der Waals surface area (Å²) in [5.74, 6) is 0.735. The van der Waals surface area contributed by atoms with Gasteiger partial charge >= 0.3 is 0 Å². The van der Waals surface area contributed by atoms with E-state index in [0.717, 1.165) is 11.3 Å². The Morgan fingerprint density at radius 2 is 2.00 bits per heavy atom. The smallest absolute Gasteiger partial charge is 0.119 e. The zero-order valence-electron chi connectivity index (χ0n) is 10.8. The van der Waals surface area contributed by atoms with E-state index in [9.17, 15) is 5.11 Å². The molecule has 96 valence electrons. The van der Waals surface area contributed by atoms with Crippen LogP contribution in [0.25, 0.3) is 0 Å². The van der Waals surface area contributed by atoms with E-state index in [1.807, 2.05) is 45.0 Å². The highest BCUT2D eigenvalue weighted by Crippen LogP contribution is 2.33. The maximum atomic E-state index is 10.2. The highest BCUT2D eigenvalue weighted by molar-refractivity contribution is 5.30. The highest BCUT2D eigenvalue weighted by Gasteiger charge is 2.23. The van der Waals surface area contributed by atoms with Gasteiger partial charge in [0.15, 0.2) is 0 Å². The van der Waals surface area contributed by atoms with Crippen LogP contribution in [0, 0.1) is 5.41 Å². The molecule has 0 amide bonds. The Kier molecular flexibility index (Phi) is 4.97. The van der Waals surface area contributed by atoms with Crippen LogP contribution in [0.1, 0.15) is 38.9 Å². The molecule has 0 saturated carbocycles. The molecule has 17 heavy (non-hydrogen) atoms. The first-order chi connectivity index (χ1) is 7.95. The van der Waals surface area contributed by atoms with Crippen molar-refractivity contribution in [2.24, 2.45) is 5.41 Å². The Labute approximate surface area is 103 Å². The van der Waals surface area contributed by atoms with Gasteiger partial charge in [-0.25, -0.2) is 0 Å². The lowest BCUT2D eigenvalue weighted by Gasteiger charge is -2.26. The molecule has 0 fully saturated rings. The normalized spacial score (nSPS) is 13.5. The molecule has 1 atom stereocenters. The molecule has 1 aromatic rings. The van der Waals surface area contributed by atoms with Gasteiger partial charge in [-0.15, -0.1) is 0 Å². The van der Waals surface area contributed by atoms with Crippen molar-refractivity contribution in [1.29, 1.82) is 0 Å².